The number of benzene rings is 2. The molecule has 0 saturated heterocycles. The second kappa shape index (κ2) is 7.40. The van der Waals surface area contributed by atoms with Gasteiger partial charge in [-0.1, -0.05) is 0 Å². The van der Waals surface area contributed by atoms with E-state index >= 15 is 0 Å². The first-order valence-electron chi connectivity index (χ1n) is 7.32. The number of ether oxygens (including phenoxy) is 1. The minimum Gasteiger partial charge on any atom is -0.490 e. The summed E-state index contributed by atoms with van der Waals surface area (Å²) in [4.78, 5) is 23.3. The van der Waals surface area contributed by atoms with Gasteiger partial charge in [-0.05, 0) is 36.4 Å². The molecule has 0 aliphatic carbocycles. The molecular weight excluding hydrogens is 362 g/mol. The highest BCUT2D eigenvalue weighted by Gasteiger charge is 2.22. The van der Waals surface area contributed by atoms with Crippen molar-refractivity contribution < 1.29 is 22.9 Å². The molecule has 0 atom stereocenters. The Morgan fingerprint density at radius 1 is 1.15 bits per heavy atom. The van der Waals surface area contributed by atoms with Crippen LogP contribution in [0.5, 0.6) is 5.75 Å². The molecule has 2 aromatic carbocycles. The van der Waals surface area contributed by atoms with Crippen LogP contribution in [0.4, 0.5) is 11.4 Å². The third-order valence-corrected chi connectivity index (χ3v) is 4.83. The van der Waals surface area contributed by atoms with Crippen LogP contribution in [0.15, 0.2) is 47.4 Å². The number of nitro groups is 1. The molecule has 10 heteroatoms. The number of rotatable bonds is 6. The second-order valence-corrected chi connectivity index (χ2v) is 7.16. The van der Waals surface area contributed by atoms with E-state index in [9.17, 15) is 23.3 Å². The molecule has 1 amide bonds. The second-order valence-electron chi connectivity index (χ2n) is 5.47. The molecule has 138 valence electrons. The topological polar surface area (TPSA) is 119 Å². The Morgan fingerprint density at radius 2 is 1.77 bits per heavy atom. The fourth-order valence-corrected chi connectivity index (χ4v) is 3.21. The van der Waals surface area contributed by atoms with Crippen LogP contribution < -0.4 is 9.46 Å². The lowest BCUT2D eigenvalue weighted by molar-refractivity contribution is -0.386. The molecule has 9 nitrogen and oxygen atoms in total. The van der Waals surface area contributed by atoms with Crippen molar-refractivity contribution >= 4 is 27.3 Å². The molecule has 0 heterocycles. The van der Waals surface area contributed by atoms with Gasteiger partial charge < -0.3 is 9.64 Å². The zero-order valence-electron chi connectivity index (χ0n) is 14.3. The molecule has 0 bridgehead atoms. The number of carbonyl (C=O) groups is 1. The highest BCUT2D eigenvalue weighted by Crippen LogP contribution is 2.30. The van der Waals surface area contributed by atoms with E-state index in [2.05, 4.69) is 4.72 Å². The van der Waals surface area contributed by atoms with Gasteiger partial charge in [-0.3, -0.25) is 19.6 Å². The number of nitrogens with one attached hydrogen (secondary N) is 1. The highest BCUT2D eigenvalue weighted by atomic mass is 32.2. The molecule has 0 fully saturated rings. The van der Waals surface area contributed by atoms with Crippen molar-refractivity contribution in [3.63, 3.8) is 0 Å². The van der Waals surface area contributed by atoms with Crippen LogP contribution in [0.3, 0.4) is 0 Å². The van der Waals surface area contributed by atoms with Crippen molar-refractivity contribution in [2.75, 3.05) is 25.9 Å². The average Bonchev–Trinajstić information content (AvgIpc) is 2.60. The predicted molar refractivity (Wildman–Crippen MR) is 94.9 cm³/mol. The van der Waals surface area contributed by atoms with Crippen molar-refractivity contribution in [1.29, 1.82) is 0 Å². The number of hydrogen-bond donors (Lipinski definition) is 1. The van der Waals surface area contributed by atoms with Crippen molar-refractivity contribution in [1.82, 2.24) is 4.90 Å². The molecule has 26 heavy (non-hydrogen) atoms. The summed E-state index contributed by atoms with van der Waals surface area (Å²) in [5.74, 6) is -0.259. The summed E-state index contributed by atoms with van der Waals surface area (Å²) >= 11 is 0. The first-order chi connectivity index (χ1) is 12.2. The van der Waals surface area contributed by atoms with Crippen LogP contribution in [-0.2, 0) is 10.0 Å². The molecule has 0 aliphatic heterocycles. The van der Waals surface area contributed by atoms with Crippen LogP contribution >= 0.6 is 0 Å². The molecule has 0 aliphatic rings. The van der Waals surface area contributed by atoms with Gasteiger partial charge in [-0.2, -0.15) is 0 Å². The number of carbonyl (C=O) groups excluding carboxylic acids is 1. The molecular formula is C16H17N3O6S. The first kappa shape index (κ1) is 19.2. The minimum atomic E-state index is -4.05. The van der Waals surface area contributed by atoms with E-state index in [4.69, 9.17) is 4.74 Å². The van der Waals surface area contributed by atoms with Crippen LogP contribution in [0.1, 0.15) is 10.4 Å². The standard InChI is InChI=1S/C16H17N3O6S/c1-18(2)16(20)11-4-6-12(7-5-11)17-26(23,24)13-8-9-15(25-3)14(10-13)19(21)22/h4-10,17H,1-3H3. The van der Waals surface area contributed by atoms with Crippen molar-refractivity contribution in [2.45, 2.75) is 4.90 Å². The van der Waals surface area contributed by atoms with Crippen LogP contribution in [0, 0.1) is 10.1 Å². The maximum Gasteiger partial charge on any atom is 0.312 e. The van der Waals surface area contributed by atoms with Gasteiger partial charge in [0.25, 0.3) is 15.9 Å². The fourth-order valence-electron chi connectivity index (χ4n) is 2.13. The van der Waals surface area contributed by atoms with Gasteiger partial charge in [0, 0.05) is 31.4 Å². The van der Waals surface area contributed by atoms with Crippen molar-refractivity contribution in [3.05, 3.63) is 58.1 Å². The third-order valence-electron chi connectivity index (χ3n) is 3.45. The third kappa shape index (κ3) is 4.09. The summed E-state index contributed by atoms with van der Waals surface area (Å²) in [5.41, 5.74) is 0.166. The molecule has 0 saturated carbocycles. The number of nitrogens with zero attached hydrogens (tertiary/aromatic N) is 2. The van der Waals surface area contributed by atoms with Gasteiger partial charge in [-0.25, -0.2) is 8.42 Å². The van der Waals surface area contributed by atoms with Crippen LogP contribution in [-0.4, -0.2) is 45.4 Å². The largest absolute Gasteiger partial charge is 0.490 e. The van der Waals surface area contributed by atoms with Gasteiger partial charge >= 0.3 is 5.69 Å². The Morgan fingerprint density at radius 3 is 2.27 bits per heavy atom. The molecule has 0 radical (unpaired) electrons. The summed E-state index contributed by atoms with van der Waals surface area (Å²) in [6.07, 6.45) is 0. The number of anilines is 1. The van der Waals surface area contributed by atoms with E-state index in [1.54, 1.807) is 14.1 Å². The normalized spacial score (nSPS) is 10.9. The number of methoxy groups -OCH3 is 1. The van der Waals surface area contributed by atoms with Crippen LogP contribution in [0.25, 0.3) is 0 Å². The van der Waals surface area contributed by atoms with Gasteiger partial charge in [0.1, 0.15) is 0 Å². The SMILES string of the molecule is COc1ccc(S(=O)(=O)Nc2ccc(C(=O)N(C)C)cc2)cc1[N+](=O)[O-]. The Kier molecular flexibility index (Phi) is 5.46. The van der Waals surface area contributed by atoms with Gasteiger partial charge in [0.2, 0.25) is 0 Å². The van der Waals surface area contributed by atoms with E-state index in [0.717, 1.165) is 6.07 Å². The smallest absolute Gasteiger partial charge is 0.312 e. The highest BCUT2D eigenvalue weighted by molar-refractivity contribution is 7.92. The summed E-state index contributed by atoms with van der Waals surface area (Å²) < 4.78 is 32.1. The quantitative estimate of drug-likeness (QED) is 0.606. The Hall–Kier alpha value is -3.14. The summed E-state index contributed by atoms with van der Waals surface area (Å²) in [6, 6.07) is 9.18. The minimum absolute atomic E-state index is 0.0412. The first-order valence-corrected chi connectivity index (χ1v) is 8.81. The average molecular weight is 379 g/mol. The maximum absolute atomic E-state index is 12.5. The van der Waals surface area contributed by atoms with E-state index < -0.39 is 20.6 Å². The van der Waals surface area contributed by atoms with Gasteiger partial charge in [0.05, 0.1) is 16.9 Å². The summed E-state index contributed by atoms with van der Waals surface area (Å²) in [6.45, 7) is 0. The van der Waals surface area contributed by atoms with E-state index in [1.165, 1.54) is 48.4 Å². The number of nitro benzene ring substituents is 1. The summed E-state index contributed by atoms with van der Waals surface area (Å²) in [7, 11) is 0.420. The Labute approximate surface area is 150 Å². The molecule has 2 aromatic rings. The van der Waals surface area contributed by atoms with Crippen molar-refractivity contribution in [2.24, 2.45) is 0 Å². The van der Waals surface area contributed by atoms with Crippen molar-refractivity contribution in [3.8, 4) is 5.75 Å². The maximum atomic E-state index is 12.5. The lowest BCUT2D eigenvalue weighted by atomic mass is 10.2. The number of amides is 1. The lowest BCUT2D eigenvalue weighted by Gasteiger charge is -2.12. The zero-order chi connectivity index (χ0) is 19.5. The van der Waals surface area contributed by atoms with E-state index in [-0.39, 0.29) is 22.2 Å². The van der Waals surface area contributed by atoms with Gasteiger partial charge in [-0.15, -0.1) is 0 Å². The molecule has 1 N–H and O–H groups in total. The van der Waals surface area contributed by atoms with E-state index in [0.29, 0.717) is 5.56 Å². The molecule has 0 unspecified atom stereocenters. The zero-order valence-corrected chi connectivity index (χ0v) is 15.1. The predicted octanol–water partition coefficient (Wildman–Crippen LogP) is 2.11. The molecule has 2 rings (SSSR count). The lowest BCUT2D eigenvalue weighted by Crippen LogP contribution is -2.21. The Balaban J connectivity index is 2.30. The number of sulfonamides is 1. The summed E-state index contributed by atoms with van der Waals surface area (Å²) in [5, 5.41) is 11.0. The fraction of sp³-hybridized carbons (Fsp3) is 0.188. The molecule has 0 spiro atoms. The monoisotopic (exact) mass is 379 g/mol. The molecule has 0 aromatic heterocycles. The van der Waals surface area contributed by atoms with E-state index in [1.807, 2.05) is 0 Å². The van der Waals surface area contributed by atoms with Crippen LogP contribution in [0.2, 0.25) is 0 Å². The Bertz CT molecular complexity index is 939. The number of hydrogen-bond acceptors (Lipinski definition) is 6. The van der Waals surface area contributed by atoms with Gasteiger partial charge in [0.15, 0.2) is 5.75 Å².